The summed E-state index contributed by atoms with van der Waals surface area (Å²) in [6.45, 7) is 12.4. The molecule has 0 radical (unpaired) electrons. The van der Waals surface area contributed by atoms with Gasteiger partial charge in [-0.3, -0.25) is 0 Å². The molecule has 0 aromatic rings. The predicted octanol–water partition coefficient (Wildman–Crippen LogP) is 5.98. The van der Waals surface area contributed by atoms with Crippen molar-refractivity contribution >= 4 is 0 Å². The number of hydrogen-bond donors (Lipinski definition) is 0. The summed E-state index contributed by atoms with van der Waals surface area (Å²) in [7, 11) is 0. The molecule has 0 aromatic carbocycles. The molecule has 0 aliphatic rings. The molecule has 0 amide bonds. The van der Waals surface area contributed by atoms with E-state index in [0.29, 0.717) is 0 Å². The molecule has 0 aliphatic heterocycles. The van der Waals surface area contributed by atoms with Crippen LogP contribution in [0.3, 0.4) is 0 Å². The predicted molar refractivity (Wildman–Crippen MR) is 80.2 cm³/mol. The van der Waals surface area contributed by atoms with Crippen LogP contribution in [-0.2, 0) is 0 Å². The van der Waals surface area contributed by atoms with Crippen molar-refractivity contribution in [2.45, 2.75) is 59.8 Å². The Morgan fingerprint density at radius 1 is 1.06 bits per heavy atom. The largest absolute Gasteiger partial charge is 0.0988 e. The first kappa shape index (κ1) is 16.0. The maximum absolute atomic E-state index is 3.84. The highest BCUT2D eigenvalue weighted by Gasteiger charge is 1.96. The van der Waals surface area contributed by atoms with E-state index in [2.05, 4.69) is 52.5 Å². The Hall–Kier alpha value is -1.04. The first-order valence-electron chi connectivity index (χ1n) is 6.70. The van der Waals surface area contributed by atoms with Gasteiger partial charge in [0.15, 0.2) is 0 Å². The molecule has 0 aliphatic carbocycles. The summed E-state index contributed by atoms with van der Waals surface area (Å²) >= 11 is 0. The molecule has 0 heterocycles. The van der Waals surface area contributed by atoms with Crippen LogP contribution in [0.15, 0.2) is 47.6 Å². The van der Waals surface area contributed by atoms with E-state index < -0.39 is 0 Å². The summed E-state index contributed by atoms with van der Waals surface area (Å²) in [5.74, 6) is 0. The molecule has 0 unspecified atom stereocenters. The van der Waals surface area contributed by atoms with Crippen molar-refractivity contribution < 1.29 is 0 Å². The Morgan fingerprint density at radius 3 is 2.29 bits per heavy atom. The van der Waals surface area contributed by atoms with E-state index in [1.807, 2.05) is 6.08 Å². The molecule has 96 valence electrons. The van der Waals surface area contributed by atoms with E-state index in [1.54, 1.807) is 0 Å². The van der Waals surface area contributed by atoms with Crippen molar-refractivity contribution in [3.63, 3.8) is 0 Å². The van der Waals surface area contributed by atoms with Crippen molar-refractivity contribution in [3.05, 3.63) is 47.6 Å². The number of allylic oxidation sites excluding steroid dienone is 7. The van der Waals surface area contributed by atoms with Crippen molar-refractivity contribution in [2.75, 3.05) is 0 Å². The zero-order valence-corrected chi connectivity index (χ0v) is 12.1. The van der Waals surface area contributed by atoms with Crippen LogP contribution in [0.5, 0.6) is 0 Å². The van der Waals surface area contributed by atoms with Gasteiger partial charge in [0.25, 0.3) is 0 Å². The van der Waals surface area contributed by atoms with Crippen molar-refractivity contribution in [1.29, 1.82) is 0 Å². The first-order chi connectivity index (χ1) is 8.11. The molecule has 0 N–H and O–H groups in total. The molecule has 0 saturated heterocycles. The minimum absolute atomic E-state index is 1.18. The van der Waals surface area contributed by atoms with Gasteiger partial charge in [-0.15, -0.1) is 0 Å². The Kier molecular flexibility index (Phi) is 9.52. The van der Waals surface area contributed by atoms with Crippen LogP contribution >= 0.6 is 0 Å². The Balaban J connectivity index is 3.93. The van der Waals surface area contributed by atoms with Gasteiger partial charge in [0.05, 0.1) is 0 Å². The highest BCUT2D eigenvalue weighted by Crippen LogP contribution is 2.16. The molecular formula is C17H28. The lowest BCUT2D eigenvalue weighted by molar-refractivity contribution is 0.685. The van der Waals surface area contributed by atoms with E-state index in [1.165, 1.54) is 48.8 Å². The minimum Gasteiger partial charge on any atom is -0.0988 e. The lowest BCUT2D eigenvalue weighted by Crippen LogP contribution is -1.85. The third kappa shape index (κ3) is 8.74. The highest BCUT2D eigenvalue weighted by atomic mass is 14.0. The van der Waals surface area contributed by atoms with Crippen molar-refractivity contribution in [2.24, 2.45) is 0 Å². The van der Waals surface area contributed by atoms with Gasteiger partial charge in [-0.1, -0.05) is 42.9 Å². The zero-order chi connectivity index (χ0) is 13.1. The maximum Gasteiger partial charge on any atom is -0.0276 e. The van der Waals surface area contributed by atoms with Crippen LogP contribution in [0.2, 0.25) is 0 Å². The molecule has 0 rings (SSSR count). The van der Waals surface area contributed by atoms with Gasteiger partial charge in [-0.2, -0.15) is 0 Å². The summed E-state index contributed by atoms with van der Waals surface area (Å²) in [6, 6.07) is 0. The number of rotatable bonds is 8. The summed E-state index contributed by atoms with van der Waals surface area (Å²) in [5.41, 5.74) is 4.18. The van der Waals surface area contributed by atoms with Crippen LogP contribution in [0.4, 0.5) is 0 Å². The van der Waals surface area contributed by atoms with Gasteiger partial charge in [0, 0.05) is 0 Å². The lowest BCUT2D eigenvalue weighted by atomic mass is 10.0. The number of unbranched alkanes of at least 4 members (excludes halogenated alkanes) is 3. The van der Waals surface area contributed by atoms with Gasteiger partial charge in [-0.25, -0.2) is 0 Å². The molecule has 0 nitrogen and oxygen atoms in total. The minimum atomic E-state index is 1.18. The molecule has 0 aromatic heterocycles. The van der Waals surface area contributed by atoms with Gasteiger partial charge in [0.1, 0.15) is 0 Å². The van der Waals surface area contributed by atoms with Crippen LogP contribution in [-0.4, -0.2) is 0 Å². The van der Waals surface area contributed by atoms with Gasteiger partial charge in [0.2, 0.25) is 0 Å². The normalized spacial score (nSPS) is 12.5. The molecule has 17 heavy (non-hydrogen) atoms. The molecule has 0 saturated carbocycles. The Morgan fingerprint density at radius 2 is 1.76 bits per heavy atom. The fraction of sp³-hybridized carbons (Fsp3) is 0.529. The molecule has 0 atom stereocenters. The quantitative estimate of drug-likeness (QED) is 0.274. The second-order valence-electron chi connectivity index (χ2n) is 4.79. The average molecular weight is 232 g/mol. The van der Waals surface area contributed by atoms with Gasteiger partial charge in [-0.05, 0) is 64.5 Å². The standard InChI is InChI=1S/C17H28/c1-6-12-17(16(5)7-2)14-11-9-8-10-13-15(3)4/h6-7,12-13H,2,8-11,14H2,1,3-5H3. The molecule has 0 fully saturated rings. The van der Waals surface area contributed by atoms with Crippen LogP contribution in [0.1, 0.15) is 59.8 Å². The van der Waals surface area contributed by atoms with E-state index in [-0.39, 0.29) is 0 Å². The van der Waals surface area contributed by atoms with Gasteiger partial charge >= 0.3 is 0 Å². The molecular weight excluding hydrogens is 204 g/mol. The fourth-order valence-corrected chi connectivity index (χ4v) is 1.77. The van der Waals surface area contributed by atoms with E-state index >= 15 is 0 Å². The lowest BCUT2D eigenvalue weighted by Gasteiger charge is -2.05. The van der Waals surface area contributed by atoms with Crippen molar-refractivity contribution in [3.8, 4) is 0 Å². The molecule has 0 bridgehead atoms. The van der Waals surface area contributed by atoms with E-state index in [9.17, 15) is 0 Å². The molecule has 0 spiro atoms. The Bertz CT molecular complexity index is 296. The fourth-order valence-electron chi connectivity index (χ4n) is 1.77. The molecule has 0 heteroatoms. The van der Waals surface area contributed by atoms with Crippen molar-refractivity contribution in [1.82, 2.24) is 0 Å². The van der Waals surface area contributed by atoms with Crippen LogP contribution in [0, 0.1) is 0 Å². The highest BCUT2D eigenvalue weighted by molar-refractivity contribution is 5.30. The third-order valence-corrected chi connectivity index (χ3v) is 2.88. The smallest absolute Gasteiger partial charge is 0.0276 e. The number of hydrogen-bond acceptors (Lipinski definition) is 0. The second-order valence-corrected chi connectivity index (χ2v) is 4.79. The SMILES string of the molecule is C=CC(C)=C(C=CC)CCCCCC=C(C)C. The zero-order valence-electron chi connectivity index (χ0n) is 12.1. The Labute approximate surface area is 108 Å². The second kappa shape index (κ2) is 10.1. The first-order valence-corrected chi connectivity index (χ1v) is 6.70. The van der Waals surface area contributed by atoms with Gasteiger partial charge < -0.3 is 0 Å². The van der Waals surface area contributed by atoms with Crippen LogP contribution < -0.4 is 0 Å². The van der Waals surface area contributed by atoms with E-state index in [4.69, 9.17) is 0 Å². The van der Waals surface area contributed by atoms with E-state index in [0.717, 1.165) is 0 Å². The average Bonchev–Trinajstić information content (AvgIpc) is 2.30. The summed E-state index contributed by atoms with van der Waals surface area (Å²) in [5, 5.41) is 0. The third-order valence-electron chi connectivity index (χ3n) is 2.88. The monoisotopic (exact) mass is 232 g/mol. The topological polar surface area (TPSA) is 0 Å². The summed E-state index contributed by atoms with van der Waals surface area (Å²) in [6.07, 6.45) is 14.9. The van der Waals surface area contributed by atoms with Crippen LogP contribution in [0.25, 0.3) is 0 Å². The maximum atomic E-state index is 3.84. The summed E-state index contributed by atoms with van der Waals surface area (Å²) in [4.78, 5) is 0. The summed E-state index contributed by atoms with van der Waals surface area (Å²) < 4.78 is 0.